The van der Waals surface area contributed by atoms with E-state index in [1.165, 1.54) is 11.3 Å². The standard InChI is InChI=1S/C20H33N5O3S.HI/c1-4-21-20(22-12-13-29(27,28)24-15-16-6-5-7-16)23-14-17-8-10-18(11-9-17)19(26)25(2)3;/h8-11,16,24H,4-7,12-15H2,1-3H3,(H2,21,22,23);1H. The Morgan fingerprint density at radius 2 is 1.83 bits per heavy atom. The van der Waals surface area contributed by atoms with Gasteiger partial charge in [-0.25, -0.2) is 18.1 Å². The third-order valence-electron chi connectivity index (χ3n) is 4.85. The molecule has 10 heteroatoms. The molecule has 1 aliphatic rings. The van der Waals surface area contributed by atoms with Crippen LogP contribution in [0.25, 0.3) is 0 Å². The van der Waals surface area contributed by atoms with Crippen LogP contribution in [0.5, 0.6) is 0 Å². The number of benzene rings is 1. The van der Waals surface area contributed by atoms with Crippen molar-refractivity contribution in [2.24, 2.45) is 10.9 Å². The van der Waals surface area contributed by atoms with E-state index in [2.05, 4.69) is 20.3 Å². The van der Waals surface area contributed by atoms with Gasteiger partial charge >= 0.3 is 0 Å². The van der Waals surface area contributed by atoms with Crippen LogP contribution >= 0.6 is 24.0 Å². The normalized spacial score (nSPS) is 14.4. The van der Waals surface area contributed by atoms with Gasteiger partial charge < -0.3 is 15.5 Å². The Bertz CT molecular complexity index is 793. The van der Waals surface area contributed by atoms with Gasteiger partial charge in [-0.15, -0.1) is 24.0 Å². The molecule has 30 heavy (non-hydrogen) atoms. The molecule has 2 rings (SSSR count). The van der Waals surface area contributed by atoms with E-state index in [-0.39, 0.29) is 42.2 Å². The topological polar surface area (TPSA) is 103 Å². The van der Waals surface area contributed by atoms with Gasteiger partial charge in [0.25, 0.3) is 5.91 Å². The lowest BCUT2D eigenvalue weighted by molar-refractivity contribution is 0.0827. The summed E-state index contributed by atoms with van der Waals surface area (Å²) in [5.74, 6) is 1.03. The minimum absolute atomic E-state index is 0. The average molecular weight is 551 g/mol. The van der Waals surface area contributed by atoms with E-state index in [9.17, 15) is 13.2 Å². The van der Waals surface area contributed by atoms with Crippen molar-refractivity contribution in [2.75, 3.05) is 39.5 Å². The van der Waals surface area contributed by atoms with Gasteiger partial charge in [0, 0.05) is 39.3 Å². The molecule has 170 valence electrons. The van der Waals surface area contributed by atoms with Crippen LogP contribution < -0.4 is 15.4 Å². The maximum absolute atomic E-state index is 12.1. The van der Waals surface area contributed by atoms with Gasteiger partial charge in [0.1, 0.15) is 0 Å². The minimum atomic E-state index is -3.28. The molecule has 0 aromatic heterocycles. The molecule has 1 amide bonds. The molecular formula is C20H34IN5O3S. The zero-order valence-corrected chi connectivity index (χ0v) is 21.1. The molecule has 0 heterocycles. The lowest BCUT2D eigenvalue weighted by atomic mass is 9.86. The fourth-order valence-electron chi connectivity index (χ4n) is 2.84. The first-order chi connectivity index (χ1) is 13.8. The molecule has 0 saturated heterocycles. The Hall–Kier alpha value is -1.40. The highest BCUT2D eigenvalue weighted by molar-refractivity contribution is 14.0. The predicted molar refractivity (Wildman–Crippen MR) is 132 cm³/mol. The molecule has 3 N–H and O–H groups in total. The third-order valence-corrected chi connectivity index (χ3v) is 6.20. The van der Waals surface area contributed by atoms with E-state index in [0.717, 1.165) is 18.4 Å². The fourth-order valence-corrected chi connectivity index (χ4v) is 3.85. The smallest absolute Gasteiger partial charge is 0.253 e. The average Bonchev–Trinajstić information content (AvgIpc) is 2.64. The number of halogens is 1. The van der Waals surface area contributed by atoms with Gasteiger partial charge in [-0.05, 0) is 43.4 Å². The van der Waals surface area contributed by atoms with Crippen molar-refractivity contribution >= 4 is 45.9 Å². The van der Waals surface area contributed by atoms with Gasteiger partial charge in [0.15, 0.2) is 5.96 Å². The quantitative estimate of drug-likeness (QED) is 0.234. The Balaban J connectivity index is 0.00000450. The zero-order chi connectivity index (χ0) is 21.3. The number of hydrogen-bond acceptors (Lipinski definition) is 4. The highest BCUT2D eigenvalue weighted by Crippen LogP contribution is 2.25. The molecule has 0 spiro atoms. The van der Waals surface area contributed by atoms with Crippen molar-refractivity contribution in [1.29, 1.82) is 0 Å². The summed E-state index contributed by atoms with van der Waals surface area (Å²) in [6, 6.07) is 7.32. The summed E-state index contributed by atoms with van der Waals surface area (Å²) >= 11 is 0. The molecule has 1 aliphatic carbocycles. The second-order valence-corrected chi connectivity index (χ2v) is 9.41. The minimum Gasteiger partial charge on any atom is -0.357 e. The van der Waals surface area contributed by atoms with Crippen LogP contribution in [0, 0.1) is 5.92 Å². The number of nitrogens with zero attached hydrogens (tertiary/aromatic N) is 2. The molecule has 0 radical (unpaired) electrons. The summed E-state index contributed by atoms with van der Waals surface area (Å²) in [6.45, 7) is 3.88. The number of sulfonamides is 1. The van der Waals surface area contributed by atoms with Crippen LogP contribution in [0.2, 0.25) is 0 Å². The first-order valence-corrected chi connectivity index (χ1v) is 11.8. The Kier molecular flexibility index (Phi) is 11.6. The molecule has 0 unspecified atom stereocenters. The second kappa shape index (κ2) is 13.1. The van der Waals surface area contributed by atoms with Crippen LogP contribution in [-0.2, 0) is 16.6 Å². The van der Waals surface area contributed by atoms with Gasteiger partial charge in [-0.3, -0.25) is 4.79 Å². The number of guanidine groups is 1. The summed E-state index contributed by atoms with van der Waals surface area (Å²) in [4.78, 5) is 18.0. The maximum Gasteiger partial charge on any atom is 0.253 e. The number of rotatable bonds is 10. The van der Waals surface area contributed by atoms with Crippen molar-refractivity contribution in [3.8, 4) is 0 Å². The van der Waals surface area contributed by atoms with Crippen molar-refractivity contribution in [3.05, 3.63) is 35.4 Å². The highest BCUT2D eigenvalue weighted by atomic mass is 127. The van der Waals surface area contributed by atoms with Gasteiger partial charge in [0.2, 0.25) is 10.0 Å². The van der Waals surface area contributed by atoms with E-state index in [1.54, 1.807) is 26.2 Å². The van der Waals surface area contributed by atoms with Crippen LogP contribution in [0.3, 0.4) is 0 Å². The van der Waals surface area contributed by atoms with Crippen LogP contribution in [0.4, 0.5) is 0 Å². The van der Waals surface area contributed by atoms with Crippen LogP contribution in [0.1, 0.15) is 42.1 Å². The first-order valence-electron chi connectivity index (χ1n) is 10.1. The molecular weight excluding hydrogens is 517 g/mol. The number of aliphatic imine (C=N–C) groups is 1. The first kappa shape index (κ1) is 26.6. The van der Waals surface area contributed by atoms with Crippen molar-refractivity contribution < 1.29 is 13.2 Å². The van der Waals surface area contributed by atoms with Crippen molar-refractivity contribution in [1.82, 2.24) is 20.3 Å². The third kappa shape index (κ3) is 9.17. The number of nitrogens with one attached hydrogen (secondary N) is 3. The van der Waals surface area contributed by atoms with Crippen molar-refractivity contribution in [3.63, 3.8) is 0 Å². The molecule has 1 aromatic carbocycles. The molecule has 0 aliphatic heterocycles. The van der Waals surface area contributed by atoms with E-state index in [4.69, 9.17) is 0 Å². The SMILES string of the molecule is CCNC(=NCc1ccc(C(=O)N(C)C)cc1)NCCS(=O)(=O)NCC1CCC1.I. The van der Waals surface area contributed by atoms with Gasteiger partial charge in [0.05, 0.1) is 12.3 Å². The number of hydrogen-bond donors (Lipinski definition) is 3. The van der Waals surface area contributed by atoms with Gasteiger partial charge in [-0.2, -0.15) is 0 Å². The maximum atomic E-state index is 12.1. The summed E-state index contributed by atoms with van der Waals surface area (Å²) in [6.07, 6.45) is 3.43. The summed E-state index contributed by atoms with van der Waals surface area (Å²) < 4.78 is 26.9. The molecule has 0 bridgehead atoms. The number of amides is 1. The summed E-state index contributed by atoms with van der Waals surface area (Å²) in [7, 11) is 0.159. The Morgan fingerprint density at radius 3 is 2.37 bits per heavy atom. The fraction of sp³-hybridized carbons (Fsp3) is 0.600. The van der Waals surface area contributed by atoms with E-state index >= 15 is 0 Å². The molecule has 1 fully saturated rings. The van der Waals surface area contributed by atoms with E-state index in [1.807, 2.05) is 19.1 Å². The monoisotopic (exact) mass is 551 g/mol. The molecule has 1 saturated carbocycles. The molecule has 0 atom stereocenters. The predicted octanol–water partition coefficient (Wildman–Crippen LogP) is 1.78. The molecule has 8 nitrogen and oxygen atoms in total. The van der Waals surface area contributed by atoms with E-state index < -0.39 is 10.0 Å². The lowest BCUT2D eigenvalue weighted by Crippen LogP contribution is -2.42. The van der Waals surface area contributed by atoms with Crippen molar-refractivity contribution in [2.45, 2.75) is 32.7 Å². The summed E-state index contributed by atoms with van der Waals surface area (Å²) in [5.41, 5.74) is 1.60. The Morgan fingerprint density at radius 1 is 1.17 bits per heavy atom. The number of carbonyl (C=O) groups is 1. The van der Waals surface area contributed by atoms with E-state index in [0.29, 0.717) is 37.1 Å². The Labute approximate surface area is 197 Å². The lowest BCUT2D eigenvalue weighted by Gasteiger charge is -2.25. The second-order valence-electron chi connectivity index (χ2n) is 7.48. The zero-order valence-electron chi connectivity index (χ0n) is 18.0. The molecule has 1 aromatic rings. The summed E-state index contributed by atoms with van der Waals surface area (Å²) in [5, 5.41) is 6.18. The largest absolute Gasteiger partial charge is 0.357 e. The number of carbonyl (C=O) groups excluding carboxylic acids is 1. The van der Waals surface area contributed by atoms with Crippen LogP contribution in [-0.4, -0.2) is 64.7 Å². The van der Waals surface area contributed by atoms with Gasteiger partial charge in [-0.1, -0.05) is 18.6 Å². The highest BCUT2D eigenvalue weighted by Gasteiger charge is 2.20. The van der Waals surface area contributed by atoms with Crippen LogP contribution in [0.15, 0.2) is 29.3 Å².